The van der Waals surface area contributed by atoms with Crippen LogP contribution < -0.4 is 15.5 Å². The summed E-state index contributed by atoms with van der Waals surface area (Å²) in [5.74, 6) is -0.816. The summed E-state index contributed by atoms with van der Waals surface area (Å²) in [7, 11) is 0. The Morgan fingerprint density at radius 1 is 0.971 bits per heavy atom. The first-order valence-electron chi connectivity index (χ1n) is 12.0. The Kier molecular flexibility index (Phi) is 7.70. The predicted molar refractivity (Wildman–Crippen MR) is 131 cm³/mol. The van der Waals surface area contributed by atoms with Gasteiger partial charge in [-0.25, -0.2) is 0 Å². The molecule has 1 aromatic carbocycles. The molecule has 1 aliphatic carbocycles. The fraction of sp³-hybridized carbons (Fsp3) is 0.370. The molecule has 0 bridgehead atoms. The second-order valence-electron chi connectivity index (χ2n) is 8.95. The Labute approximate surface area is 204 Å². The van der Waals surface area contributed by atoms with Crippen LogP contribution in [0.25, 0.3) is 0 Å². The molecule has 35 heavy (non-hydrogen) atoms. The maximum atomic E-state index is 13.6. The minimum atomic E-state index is -1.03. The van der Waals surface area contributed by atoms with E-state index >= 15 is 0 Å². The van der Waals surface area contributed by atoms with Crippen LogP contribution in [0, 0.1) is 13.8 Å². The van der Waals surface area contributed by atoms with E-state index in [0.29, 0.717) is 11.4 Å². The monoisotopic (exact) mass is 477 g/mol. The Bertz CT molecular complexity index is 1150. The molecule has 0 aliphatic heterocycles. The third-order valence-electron chi connectivity index (χ3n) is 6.45. The molecular weight excluding hydrogens is 446 g/mol. The van der Waals surface area contributed by atoms with Gasteiger partial charge in [-0.1, -0.05) is 25.3 Å². The molecule has 2 N–H and O–H groups in total. The molecule has 3 aromatic rings. The molecule has 2 heterocycles. The lowest BCUT2D eigenvalue weighted by atomic mass is 9.95. The van der Waals surface area contributed by atoms with Gasteiger partial charge < -0.3 is 19.5 Å². The van der Waals surface area contributed by atoms with Gasteiger partial charge in [0, 0.05) is 11.7 Å². The predicted octanol–water partition coefficient (Wildman–Crippen LogP) is 4.44. The number of amides is 3. The topological polar surface area (TPSA) is 105 Å². The molecular formula is C27H31N3O5. The SMILES string of the molecule is Cc1ccc(N(C(=O)CNC(=O)c2ccco2)[C@H](C(=O)NC2CCCCC2)c2ccco2)cc1C. The van der Waals surface area contributed by atoms with Crippen LogP contribution >= 0.6 is 0 Å². The van der Waals surface area contributed by atoms with Crippen LogP contribution in [-0.4, -0.2) is 30.3 Å². The maximum Gasteiger partial charge on any atom is 0.287 e. The van der Waals surface area contributed by atoms with Crippen LogP contribution in [0.5, 0.6) is 0 Å². The Balaban J connectivity index is 1.65. The highest BCUT2D eigenvalue weighted by molar-refractivity contribution is 6.04. The number of rotatable bonds is 8. The molecule has 2 aromatic heterocycles. The van der Waals surface area contributed by atoms with E-state index in [-0.39, 0.29) is 24.3 Å². The van der Waals surface area contributed by atoms with E-state index in [4.69, 9.17) is 8.83 Å². The number of nitrogens with zero attached hydrogens (tertiary/aromatic N) is 1. The zero-order chi connectivity index (χ0) is 24.8. The summed E-state index contributed by atoms with van der Waals surface area (Å²) in [5, 5.41) is 5.73. The van der Waals surface area contributed by atoms with Gasteiger partial charge in [0.15, 0.2) is 11.8 Å². The van der Waals surface area contributed by atoms with Gasteiger partial charge in [0.25, 0.3) is 11.8 Å². The normalized spacial score (nSPS) is 14.8. The molecule has 1 atom stereocenters. The summed E-state index contributed by atoms with van der Waals surface area (Å²) >= 11 is 0. The largest absolute Gasteiger partial charge is 0.467 e. The molecule has 0 spiro atoms. The van der Waals surface area contributed by atoms with E-state index in [1.165, 1.54) is 23.5 Å². The summed E-state index contributed by atoms with van der Waals surface area (Å²) < 4.78 is 10.8. The van der Waals surface area contributed by atoms with Crippen molar-refractivity contribution in [3.05, 3.63) is 77.6 Å². The van der Waals surface area contributed by atoms with Gasteiger partial charge in [-0.3, -0.25) is 19.3 Å². The van der Waals surface area contributed by atoms with Gasteiger partial charge in [-0.05, 0) is 74.2 Å². The van der Waals surface area contributed by atoms with Crippen molar-refractivity contribution in [3.63, 3.8) is 0 Å². The Morgan fingerprint density at radius 3 is 2.37 bits per heavy atom. The van der Waals surface area contributed by atoms with Crippen molar-refractivity contribution in [3.8, 4) is 0 Å². The number of anilines is 1. The quantitative estimate of drug-likeness (QED) is 0.499. The van der Waals surface area contributed by atoms with Crippen molar-refractivity contribution in [1.82, 2.24) is 10.6 Å². The highest BCUT2D eigenvalue weighted by atomic mass is 16.3. The van der Waals surface area contributed by atoms with E-state index in [0.717, 1.165) is 43.2 Å². The van der Waals surface area contributed by atoms with Crippen LogP contribution in [-0.2, 0) is 9.59 Å². The number of carbonyl (C=O) groups is 3. The first-order chi connectivity index (χ1) is 16.9. The minimum Gasteiger partial charge on any atom is -0.467 e. The molecule has 0 radical (unpaired) electrons. The van der Waals surface area contributed by atoms with Gasteiger partial charge in [0.05, 0.1) is 19.1 Å². The minimum absolute atomic E-state index is 0.0593. The van der Waals surface area contributed by atoms with E-state index < -0.39 is 17.9 Å². The molecule has 1 fully saturated rings. The number of aryl methyl sites for hydroxylation is 2. The third kappa shape index (κ3) is 5.82. The van der Waals surface area contributed by atoms with Crippen molar-refractivity contribution < 1.29 is 23.2 Å². The van der Waals surface area contributed by atoms with Crippen molar-refractivity contribution in [1.29, 1.82) is 0 Å². The molecule has 8 nitrogen and oxygen atoms in total. The van der Waals surface area contributed by atoms with E-state index in [1.807, 2.05) is 26.0 Å². The molecule has 1 aliphatic rings. The van der Waals surface area contributed by atoms with Crippen molar-refractivity contribution >= 4 is 23.4 Å². The zero-order valence-electron chi connectivity index (χ0n) is 20.1. The summed E-state index contributed by atoms with van der Waals surface area (Å²) in [6.45, 7) is 3.61. The van der Waals surface area contributed by atoms with Crippen LogP contribution in [0.2, 0.25) is 0 Å². The zero-order valence-corrected chi connectivity index (χ0v) is 20.1. The number of furan rings is 2. The first-order valence-corrected chi connectivity index (χ1v) is 12.0. The average molecular weight is 478 g/mol. The van der Waals surface area contributed by atoms with Gasteiger partial charge >= 0.3 is 0 Å². The Morgan fingerprint density at radius 2 is 1.71 bits per heavy atom. The fourth-order valence-electron chi connectivity index (χ4n) is 4.40. The van der Waals surface area contributed by atoms with Crippen molar-refractivity contribution in [2.45, 2.75) is 58.0 Å². The lowest BCUT2D eigenvalue weighted by Gasteiger charge is -2.32. The number of hydrogen-bond donors (Lipinski definition) is 2. The standard InChI is InChI=1S/C27H31N3O5/c1-18-12-13-21(16-19(18)2)30(24(31)17-28-26(32)23-11-7-15-35-23)25(22-10-6-14-34-22)27(33)29-20-8-4-3-5-9-20/h6-7,10-16,20,25H,3-5,8-9,17H2,1-2H3,(H,28,32)(H,29,33)/t25-/m0/s1. The lowest BCUT2D eigenvalue weighted by molar-refractivity contribution is -0.127. The summed E-state index contributed by atoms with van der Waals surface area (Å²) in [6, 6.07) is 11.1. The highest BCUT2D eigenvalue weighted by Crippen LogP contribution is 2.30. The maximum absolute atomic E-state index is 13.6. The third-order valence-corrected chi connectivity index (χ3v) is 6.45. The van der Waals surface area contributed by atoms with Crippen LogP contribution in [0.1, 0.15) is 65.6 Å². The first kappa shape index (κ1) is 24.3. The molecule has 184 valence electrons. The number of hydrogen-bond acceptors (Lipinski definition) is 5. The molecule has 4 rings (SSSR count). The molecule has 3 amide bonds. The van der Waals surface area contributed by atoms with Crippen LogP contribution in [0.15, 0.2) is 63.8 Å². The fourth-order valence-corrected chi connectivity index (χ4v) is 4.40. The molecule has 0 saturated heterocycles. The van der Waals surface area contributed by atoms with E-state index in [9.17, 15) is 14.4 Å². The van der Waals surface area contributed by atoms with Crippen molar-refractivity contribution in [2.24, 2.45) is 0 Å². The average Bonchev–Trinajstić information content (AvgIpc) is 3.58. The second kappa shape index (κ2) is 11.1. The number of benzene rings is 1. The summed E-state index contributed by atoms with van der Waals surface area (Å²) in [4.78, 5) is 41.0. The van der Waals surface area contributed by atoms with Crippen molar-refractivity contribution in [2.75, 3.05) is 11.4 Å². The number of carbonyl (C=O) groups excluding carboxylic acids is 3. The van der Waals surface area contributed by atoms with Gasteiger partial charge in [0.1, 0.15) is 5.76 Å². The van der Waals surface area contributed by atoms with Crippen LogP contribution in [0.3, 0.4) is 0 Å². The van der Waals surface area contributed by atoms with Crippen LogP contribution in [0.4, 0.5) is 5.69 Å². The smallest absolute Gasteiger partial charge is 0.287 e. The molecule has 8 heteroatoms. The van der Waals surface area contributed by atoms with Gasteiger partial charge in [0.2, 0.25) is 5.91 Å². The van der Waals surface area contributed by atoms with Gasteiger partial charge in [-0.15, -0.1) is 0 Å². The molecule has 1 saturated carbocycles. The summed E-state index contributed by atoms with van der Waals surface area (Å²) in [6.07, 6.45) is 7.99. The highest BCUT2D eigenvalue weighted by Gasteiger charge is 2.36. The number of nitrogens with one attached hydrogen (secondary N) is 2. The Hall–Kier alpha value is -3.81. The van der Waals surface area contributed by atoms with E-state index in [1.54, 1.807) is 24.3 Å². The second-order valence-corrected chi connectivity index (χ2v) is 8.95. The summed E-state index contributed by atoms with van der Waals surface area (Å²) in [5.41, 5.74) is 2.59. The van der Waals surface area contributed by atoms with Gasteiger partial charge in [-0.2, -0.15) is 0 Å². The van der Waals surface area contributed by atoms with E-state index in [2.05, 4.69) is 10.6 Å². The molecule has 0 unspecified atom stereocenters. The lowest BCUT2D eigenvalue weighted by Crippen LogP contribution is -2.49.